The molecule has 1 aromatic carbocycles. The molecule has 0 radical (unpaired) electrons. The van der Waals surface area contributed by atoms with E-state index in [2.05, 4.69) is 15.3 Å². The maximum Gasteiger partial charge on any atom is 0.511 e. The van der Waals surface area contributed by atoms with Gasteiger partial charge in [-0.05, 0) is 38.5 Å². The van der Waals surface area contributed by atoms with Gasteiger partial charge >= 0.3 is 12.1 Å². The molecule has 16 nitrogen and oxygen atoms in total. The predicted molar refractivity (Wildman–Crippen MR) is 151 cm³/mol. The van der Waals surface area contributed by atoms with E-state index in [0.717, 1.165) is 17.6 Å². The molecule has 18 heteroatoms. The summed E-state index contributed by atoms with van der Waals surface area (Å²) >= 11 is 1.20. The van der Waals surface area contributed by atoms with Crippen LogP contribution in [0.1, 0.15) is 19.4 Å². The summed E-state index contributed by atoms with van der Waals surface area (Å²) in [6, 6.07) is 4.48. The number of hydrogen-bond donors (Lipinski definition) is 1. The lowest BCUT2D eigenvalue weighted by Crippen LogP contribution is -2.71. The molecular weight excluding hydrogens is 626 g/mol. The predicted octanol–water partition coefficient (Wildman–Crippen LogP) is 0.635. The molecule has 1 aromatic rings. The second-order valence-corrected chi connectivity index (χ2v) is 12.2. The second kappa shape index (κ2) is 15.1. The number of Topliss-reactive ketones (excluding diaryl/α,β-unsaturated/α-hetero) is 1. The topological polar surface area (TPSA) is 202 Å². The van der Waals surface area contributed by atoms with Crippen molar-refractivity contribution in [3.63, 3.8) is 0 Å². The van der Waals surface area contributed by atoms with Crippen LogP contribution in [0.4, 0.5) is 4.79 Å². The number of thioether (sulfide) groups is 1. The van der Waals surface area contributed by atoms with E-state index < -0.39 is 76.5 Å². The number of hydrogen-bond acceptors (Lipinski definition) is 15. The van der Waals surface area contributed by atoms with Gasteiger partial charge in [-0.25, -0.2) is 9.59 Å². The summed E-state index contributed by atoms with van der Waals surface area (Å²) in [6.07, 6.45) is -1.51. The molecule has 2 atom stereocenters. The summed E-state index contributed by atoms with van der Waals surface area (Å²) in [6.45, 7) is 3.09. The van der Waals surface area contributed by atoms with Crippen molar-refractivity contribution in [1.82, 2.24) is 10.2 Å². The minimum absolute atomic E-state index is 0.0220. The number of aryl methyl sites for hydroxylation is 1. The average molecular weight is 658 g/mol. The van der Waals surface area contributed by atoms with Crippen molar-refractivity contribution in [3.8, 4) is 0 Å². The third kappa shape index (κ3) is 8.34. The number of carbonyl (C=O) groups excluding carboxylic acids is 5. The Morgan fingerprint density at radius 1 is 1.11 bits per heavy atom. The smallest absolute Gasteiger partial charge is 0.431 e. The summed E-state index contributed by atoms with van der Waals surface area (Å²) in [7, 11) is -1.88. The molecule has 44 heavy (non-hydrogen) atoms. The van der Waals surface area contributed by atoms with Crippen LogP contribution in [-0.4, -0.2) is 106 Å². The molecular formula is C26H31N3O13S2. The Balaban J connectivity index is 1.67. The summed E-state index contributed by atoms with van der Waals surface area (Å²) in [5.41, 5.74) is 0.215. The standard InChI is InChI=1S/C26H31N3O13S2/c1-14(2)42-26(34)40-13-39-25(33)21-16(10-37-4)12-43-24-20(23(32)29(21)24)27-22(31)19(28-38-5)18(30)11-41-44(35,36)17-8-6-15(3)7-9-17/h6-9,14,20,24H,10-13H2,1-5H3,(H,27,31)/t20?,24-/m0/s1. The fourth-order valence-corrected chi connectivity index (χ4v) is 6.07. The van der Waals surface area contributed by atoms with Crippen molar-refractivity contribution in [2.75, 3.05) is 40.0 Å². The van der Waals surface area contributed by atoms with Crippen LogP contribution in [0.2, 0.25) is 0 Å². The Bertz CT molecular complexity index is 1460. The van der Waals surface area contributed by atoms with Crippen LogP contribution in [0.25, 0.3) is 0 Å². The summed E-state index contributed by atoms with van der Waals surface area (Å²) in [5, 5.41) is 4.97. The summed E-state index contributed by atoms with van der Waals surface area (Å²) in [4.78, 5) is 68.8. The van der Waals surface area contributed by atoms with Crippen molar-refractivity contribution in [2.24, 2.45) is 5.16 Å². The average Bonchev–Trinajstić information content (AvgIpc) is 2.97. The quantitative estimate of drug-likeness (QED) is 0.0555. The van der Waals surface area contributed by atoms with Crippen LogP contribution in [0.15, 0.2) is 45.6 Å². The van der Waals surface area contributed by atoms with Crippen molar-refractivity contribution >= 4 is 57.3 Å². The molecule has 3 rings (SSSR count). The first-order chi connectivity index (χ1) is 20.8. The van der Waals surface area contributed by atoms with Gasteiger partial charge in [0.1, 0.15) is 30.8 Å². The number of carbonyl (C=O) groups is 5. The lowest BCUT2D eigenvalue weighted by molar-refractivity contribution is -0.158. The van der Waals surface area contributed by atoms with Crippen LogP contribution in [0.5, 0.6) is 0 Å². The van der Waals surface area contributed by atoms with Gasteiger partial charge in [0.25, 0.3) is 21.9 Å². The number of nitrogens with one attached hydrogen (secondary N) is 1. The van der Waals surface area contributed by atoms with Gasteiger partial charge < -0.3 is 29.1 Å². The molecule has 2 amide bonds. The zero-order chi connectivity index (χ0) is 32.6. The fraction of sp³-hybridized carbons (Fsp3) is 0.462. The number of esters is 1. The number of β-lactam (4-membered cyclic amide) rings is 1. The minimum Gasteiger partial charge on any atom is -0.431 e. The Labute approximate surface area is 257 Å². The number of fused-ring (bicyclic) bond motifs is 1. The van der Waals surface area contributed by atoms with Crippen LogP contribution in [-0.2, 0) is 57.3 Å². The highest BCUT2D eigenvalue weighted by Gasteiger charge is 2.55. The van der Waals surface area contributed by atoms with Crippen molar-refractivity contribution in [2.45, 2.75) is 43.2 Å². The van der Waals surface area contributed by atoms with Gasteiger partial charge in [0.15, 0.2) is 0 Å². The van der Waals surface area contributed by atoms with Gasteiger partial charge in [-0.3, -0.25) is 23.5 Å². The van der Waals surface area contributed by atoms with Crippen LogP contribution in [0, 0.1) is 6.92 Å². The fourth-order valence-electron chi connectivity index (χ4n) is 3.88. The molecule has 1 N–H and O–H groups in total. The first-order valence-corrected chi connectivity index (χ1v) is 15.3. The molecule has 1 saturated heterocycles. The maximum atomic E-state index is 13.1. The van der Waals surface area contributed by atoms with Gasteiger partial charge in [0.2, 0.25) is 18.3 Å². The van der Waals surface area contributed by atoms with E-state index in [0.29, 0.717) is 5.57 Å². The number of benzene rings is 1. The minimum atomic E-state index is -4.33. The van der Waals surface area contributed by atoms with E-state index >= 15 is 0 Å². The number of amides is 2. The Hall–Kier alpha value is -4.00. The van der Waals surface area contributed by atoms with Crippen LogP contribution in [0.3, 0.4) is 0 Å². The van der Waals surface area contributed by atoms with Gasteiger partial charge in [-0.1, -0.05) is 22.9 Å². The lowest BCUT2D eigenvalue weighted by Gasteiger charge is -2.49. The zero-order valence-corrected chi connectivity index (χ0v) is 26.0. The van der Waals surface area contributed by atoms with Crippen molar-refractivity contribution in [3.05, 3.63) is 41.1 Å². The van der Waals surface area contributed by atoms with E-state index in [9.17, 15) is 32.4 Å². The summed E-state index contributed by atoms with van der Waals surface area (Å²) < 4.78 is 49.4. The lowest BCUT2D eigenvalue weighted by atomic mass is 10.0. The number of rotatable bonds is 14. The van der Waals surface area contributed by atoms with Crippen molar-refractivity contribution in [1.29, 1.82) is 0 Å². The van der Waals surface area contributed by atoms with Crippen molar-refractivity contribution < 1.29 is 60.4 Å². The van der Waals surface area contributed by atoms with E-state index in [1.54, 1.807) is 32.9 Å². The van der Waals surface area contributed by atoms with E-state index in [4.69, 9.17) is 23.1 Å². The highest BCUT2D eigenvalue weighted by Crippen LogP contribution is 2.40. The number of methoxy groups -OCH3 is 1. The normalized spacial score (nSPS) is 18.3. The first-order valence-electron chi connectivity index (χ1n) is 12.9. The molecule has 2 aliphatic rings. The molecule has 0 saturated carbocycles. The SMILES string of the molecule is COCC1=C(C(=O)OCOC(=O)OC(C)C)N2C(=O)C(NC(=O)C(=NOC)C(=O)COS(=O)(=O)c3ccc(C)cc3)[C@@H]2SC1. The Morgan fingerprint density at radius 2 is 1.80 bits per heavy atom. The van der Waals surface area contributed by atoms with E-state index in [1.165, 1.54) is 31.0 Å². The maximum absolute atomic E-state index is 13.1. The zero-order valence-electron chi connectivity index (χ0n) is 24.4. The van der Waals surface area contributed by atoms with E-state index in [1.807, 2.05) is 0 Å². The van der Waals surface area contributed by atoms with Gasteiger partial charge in [-0.2, -0.15) is 8.42 Å². The number of ketones is 1. The van der Waals surface area contributed by atoms with Gasteiger partial charge in [0, 0.05) is 12.9 Å². The largest absolute Gasteiger partial charge is 0.511 e. The third-order valence-electron chi connectivity index (χ3n) is 5.86. The van der Waals surface area contributed by atoms with Crippen LogP contribution < -0.4 is 5.32 Å². The van der Waals surface area contributed by atoms with Gasteiger partial charge in [0.05, 0.1) is 17.6 Å². The number of nitrogens with zero attached hydrogens (tertiary/aromatic N) is 2. The first kappa shape index (κ1) is 34.5. The summed E-state index contributed by atoms with van der Waals surface area (Å²) in [5.74, 6) is -3.78. The number of ether oxygens (including phenoxy) is 4. The molecule has 1 fully saturated rings. The molecule has 2 heterocycles. The monoisotopic (exact) mass is 657 g/mol. The Morgan fingerprint density at radius 3 is 2.41 bits per heavy atom. The molecule has 1 unspecified atom stereocenters. The molecule has 240 valence electrons. The molecule has 0 bridgehead atoms. The Kier molecular flexibility index (Phi) is 11.9. The molecule has 0 aliphatic carbocycles. The van der Waals surface area contributed by atoms with Crippen LogP contribution >= 0.6 is 11.8 Å². The highest BCUT2D eigenvalue weighted by atomic mass is 32.2. The van der Waals surface area contributed by atoms with E-state index in [-0.39, 0.29) is 23.0 Å². The number of oxime groups is 1. The second-order valence-electron chi connectivity index (χ2n) is 9.43. The molecule has 2 aliphatic heterocycles. The molecule has 0 aromatic heterocycles. The van der Waals surface area contributed by atoms with Gasteiger partial charge in [-0.15, -0.1) is 11.8 Å². The third-order valence-corrected chi connectivity index (χ3v) is 8.48. The molecule has 0 spiro atoms. The highest BCUT2D eigenvalue weighted by molar-refractivity contribution is 8.00.